The number of anilines is 2. The van der Waals surface area contributed by atoms with E-state index >= 15 is 0 Å². The molecule has 0 aliphatic carbocycles. The first-order valence-electron chi connectivity index (χ1n) is 10.2. The molecule has 1 heterocycles. The highest BCUT2D eigenvalue weighted by Crippen LogP contribution is 2.23. The number of nitrogens with zero attached hydrogens (tertiary/aromatic N) is 3. The van der Waals surface area contributed by atoms with Crippen molar-refractivity contribution in [2.75, 3.05) is 23.8 Å². The molecule has 2 aromatic carbocycles. The van der Waals surface area contributed by atoms with E-state index in [0.29, 0.717) is 22.8 Å². The van der Waals surface area contributed by atoms with Crippen molar-refractivity contribution in [2.45, 2.75) is 32.2 Å². The van der Waals surface area contributed by atoms with Gasteiger partial charge in [0.25, 0.3) is 0 Å². The number of carbonyl (C=O) groups excluding carboxylic acids is 2. The Morgan fingerprint density at radius 3 is 2.21 bits per heavy atom. The van der Waals surface area contributed by atoms with Gasteiger partial charge < -0.3 is 14.7 Å². The third kappa shape index (κ3) is 5.65. The molecule has 0 atom stereocenters. The van der Waals surface area contributed by atoms with Crippen LogP contribution in [0.3, 0.4) is 0 Å². The summed E-state index contributed by atoms with van der Waals surface area (Å²) in [6, 6.07) is 14.8. The maximum atomic E-state index is 13.3. The summed E-state index contributed by atoms with van der Waals surface area (Å²) in [5, 5.41) is 6.53. The van der Waals surface area contributed by atoms with Crippen molar-refractivity contribution in [3.8, 4) is 0 Å². The van der Waals surface area contributed by atoms with Gasteiger partial charge in [0, 0.05) is 30.9 Å². The van der Waals surface area contributed by atoms with E-state index in [-0.39, 0.29) is 23.9 Å². The van der Waals surface area contributed by atoms with Gasteiger partial charge in [0.05, 0.1) is 23.7 Å². The molecule has 1 aromatic heterocycles. The maximum absolute atomic E-state index is 13.3. The highest BCUT2D eigenvalue weighted by molar-refractivity contribution is 7.89. The molecule has 0 bridgehead atoms. The molecule has 1 N–H and O–H groups in total. The number of nitrogens with one attached hydrogen (secondary N) is 1. The highest BCUT2D eigenvalue weighted by atomic mass is 32.2. The van der Waals surface area contributed by atoms with Gasteiger partial charge in [-0.25, -0.2) is 8.42 Å². The Labute approximate surface area is 193 Å². The zero-order valence-electron chi connectivity index (χ0n) is 18.9. The van der Waals surface area contributed by atoms with Crippen LogP contribution in [0.5, 0.6) is 0 Å². The first kappa shape index (κ1) is 24.1. The molecule has 9 nitrogen and oxygen atoms in total. The fraction of sp³-hybridized carbons (Fsp3) is 0.261. The minimum atomic E-state index is -3.93. The molecule has 2 amide bonds. The number of aryl methyl sites for hydroxylation is 2. The minimum absolute atomic E-state index is 0.0175. The number of sulfonamides is 1. The van der Waals surface area contributed by atoms with E-state index in [2.05, 4.69) is 10.5 Å². The quantitative estimate of drug-likeness (QED) is 0.541. The summed E-state index contributed by atoms with van der Waals surface area (Å²) in [6.45, 7) is 4.76. The monoisotopic (exact) mass is 470 g/mol. The Bertz CT molecular complexity index is 1220. The molecule has 0 aliphatic rings. The fourth-order valence-corrected chi connectivity index (χ4v) is 4.39. The van der Waals surface area contributed by atoms with E-state index in [0.717, 1.165) is 9.87 Å². The van der Waals surface area contributed by atoms with E-state index < -0.39 is 15.9 Å². The second kappa shape index (κ2) is 9.97. The van der Waals surface area contributed by atoms with Gasteiger partial charge in [-0.15, -0.1) is 0 Å². The summed E-state index contributed by atoms with van der Waals surface area (Å²) in [6.07, 6.45) is 0. The van der Waals surface area contributed by atoms with Crippen molar-refractivity contribution < 1.29 is 22.5 Å². The number of hydrogen-bond acceptors (Lipinski definition) is 6. The standard InChI is InChI=1S/C23H26N4O5S/c1-16-22(17(2)32-25-16)14-27(20-8-6-5-7-9-20)23(29)15-26(4)33(30,31)21-12-10-19(11-13-21)24-18(3)28/h5-13H,14-15H2,1-4H3,(H,24,28). The number of aromatic nitrogens is 1. The van der Waals surface area contributed by atoms with Gasteiger partial charge in [-0.05, 0) is 50.2 Å². The van der Waals surface area contributed by atoms with E-state index in [9.17, 15) is 18.0 Å². The van der Waals surface area contributed by atoms with Crippen molar-refractivity contribution >= 4 is 33.2 Å². The molecule has 0 radical (unpaired) electrons. The second-order valence-electron chi connectivity index (χ2n) is 7.58. The van der Waals surface area contributed by atoms with Crippen LogP contribution >= 0.6 is 0 Å². The number of amides is 2. The SMILES string of the molecule is CC(=O)Nc1ccc(S(=O)(=O)N(C)CC(=O)N(Cc2c(C)noc2C)c2ccccc2)cc1. The Kier molecular flexibility index (Phi) is 7.29. The van der Waals surface area contributed by atoms with Gasteiger partial charge in [0.1, 0.15) is 5.76 Å². The third-order valence-corrected chi connectivity index (χ3v) is 6.92. The van der Waals surface area contributed by atoms with Gasteiger partial charge in [-0.1, -0.05) is 23.4 Å². The fourth-order valence-electron chi connectivity index (χ4n) is 3.27. The molecule has 0 fully saturated rings. The summed E-state index contributed by atoms with van der Waals surface area (Å²) in [5.74, 6) is -0.0590. The van der Waals surface area contributed by atoms with Crippen LogP contribution in [-0.2, 0) is 26.2 Å². The van der Waals surface area contributed by atoms with Crippen molar-refractivity contribution in [1.29, 1.82) is 0 Å². The summed E-state index contributed by atoms with van der Waals surface area (Å²) in [7, 11) is -2.58. The number of carbonyl (C=O) groups is 2. The van der Waals surface area contributed by atoms with Gasteiger partial charge in [-0.2, -0.15) is 4.31 Å². The number of rotatable bonds is 8. The normalized spacial score (nSPS) is 11.4. The second-order valence-corrected chi connectivity index (χ2v) is 9.63. The van der Waals surface area contributed by atoms with Crippen LogP contribution in [0.4, 0.5) is 11.4 Å². The van der Waals surface area contributed by atoms with Crippen LogP contribution in [0.2, 0.25) is 0 Å². The lowest BCUT2D eigenvalue weighted by Gasteiger charge is -2.25. The lowest BCUT2D eigenvalue weighted by atomic mass is 10.1. The van der Waals surface area contributed by atoms with Crippen LogP contribution < -0.4 is 10.2 Å². The van der Waals surface area contributed by atoms with Gasteiger partial charge in [0.2, 0.25) is 21.8 Å². The molecule has 0 saturated heterocycles. The predicted molar refractivity (Wildman–Crippen MR) is 124 cm³/mol. The zero-order chi connectivity index (χ0) is 24.2. The van der Waals surface area contributed by atoms with Crippen LogP contribution in [0.25, 0.3) is 0 Å². The summed E-state index contributed by atoms with van der Waals surface area (Å²) in [5.41, 5.74) is 2.55. The summed E-state index contributed by atoms with van der Waals surface area (Å²) >= 11 is 0. The molecule has 0 saturated carbocycles. The topological polar surface area (TPSA) is 113 Å². The van der Waals surface area contributed by atoms with E-state index in [1.165, 1.54) is 43.1 Å². The van der Waals surface area contributed by atoms with Crippen LogP contribution in [-0.4, -0.2) is 43.3 Å². The van der Waals surface area contributed by atoms with E-state index in [4.69, 9.17) is 4.52 Å². The average molecular weight is 471 g/mol. The molecule has 10 heteroatoms. The highest BCUT2D eigenvalue weighted by Gasteiger charge is 2.27. The van der Waals surface area contributed by atoms with Gasteiger partial charge in [0.15, 0.2) is 0 Å². The van der Waals surface area contributed by atoms with Crippen LogP contribution in [0, 0.1) is 13.8 Å². The Hall–Kier alpha value is -3.50. The Morgan fingerprint density at radius 2 is 1.67 bits per heavy atom. The molecule has 0 aliphatic heterocycles. The van der Waals surface area contributed by atoms with Crippen molar-refractivity contribution in [1.82, 2.24) is 9.46 Å². The number of benzene rings is 2. The van der Waals surface area contributed by atoms with E-state index in [1.807, 2.05) is 6.07 Å². The molecule has 0 unspecified atom stereocenters. The first-order chi connectivity index (χ1) is 15.6. The lowest BCUT2D eigenvalue weighted by molar-refractivity contribution is -0.118. The number of para-hydroxylation sites is 1. The van der Waals surface area contributed by atoms with E-state index in [1.54, 1.807) is 38.1 Å². The van der Waals surface area contributed by atoms with Crippen LogP contribution in [0.15, 0.2) is 64.0 Å². The number of likely N-dealkylation sites (N-methyl/N-ethyl adjacent to an activating group) is 1. The summed E-state index contributed by atoms with van der Waals surface area (Å²) in [4.78, 5) is 26.0. The molecule has 3 aromatic rings. The first-order valence-corrected chi connectivity index (χ1v) is 11.6. The minimum Gasteiger partial charge on any atom is -0.361 e. The molecular weight excluding hydrogens is 444 g/mol. The zero-order valence-corrected chi connectivity index (χ0v) is 19.7. The van der Waals surface area contributed by atoms with Gasteiger partial charge >= 0.3 is 0 Å². The van der Waals surface area contributed by atoms with Crippen LogP contribution in [0.1, 0.15) is 23.9 Å². The van der Waals surface area contributed by atoms with Crippen molar-refractivity contribution in [3.05, 3.63) is 71.6 Å². The molecule has 174 valence electrons. The summed E-state index contributed by atoms with van der Waals surface area (Å²) < 4.78 is 32.3. The Balaban J connectivity index is 1.82. The van der Waals surface area contributed by atoms with Gasteiger partial charge in [-0.3, -0.25) is 9.59 Å². The molecule has 33 heavy (non-hydrogen) atoms. The predicted octanol–water partition coefficient (Wildman–Crippen LogP) is 3.10. The van der Waals surface area contributed by atoms with Crippen molar-refractivity contribution in [3.63, 3.8) is 0 Å². The Morgan fingerprint density at radius 1 is 1.03 bits per heavy atom. The number of hydrogen-bond donors (Lipinski definition) is 1. The maximum Gasteiger partial charge on any atom is 0.243 e. The molecule has 0 spiro atoms. The van der Waals surface area contributed by atoms with Crippen molar-refractivity contribution in [2.24, 2.45) is 0 Å². The average Bonchev–Trinajstić information content (AvgIpc) is 3.09. The largest absolute Gasteiger partial charge is 0.361 e. The third-order valence-electron chi connectivity index (χ3n) is 5.11. The lowest BCUT2D eigenvalue weighted by Crippen LogP contribution is -2.41. The molecule has 3 rings (SSSR count). The molecular formula is C23H26N4O5S. The smallest absolute Gasteiger partial charge is 0.243 e.